The summed E-state index contributed by atoms with van der Waals surface area (Å²) >= 11 is 0. The second-order valence-corrected chi connectivity index (χ2v) is 9.88. The van der Waals surface area contributed by atoms with Gasteiger partial charge in [-0.2, -0.15) is 4.98 Å². The molecule has 2 aliphatic rings. The van der Waals surface area contributed by atoms with Crippen molar-refractivity contribution >= 4 is 5.91 Å². The van der Waals surface area contributed by atoms with Gasteiger partial charge >= 0.3 is 0 Å². The third-order valence-electron chi connectivity index (χ3n) is 6.55. The lowest BCUT2D eigenvalue weighted by molar-refractivity contribution is -0.147. The number of rotatable bonds is 6. The number of benzene rings is 1. The van der Waals surface area contributed by atoms with Crippen LogP contribution in [0.15, 0.2) is 28.8 Å². The van der Waals surface area contributed by atoms with E-state index in [2.05, 4.69) is 54.6 Å². The highest BCUT2D eigenvalue weighted by Crippen LogP contribution is 2.22. The minimum Gasteiger partial charge on any atom is -0.373 e. The van der Waals surface area contributed by atoms with Gasteiger partial charge < -0.3 is 14.2 Å². The zero-order chi connectivity index (χ0) is 23.5. The molecule has 3 atom stereocenters. The molecule has 0 aliphatic carbocycles. The molecule has 0 saturated carbocycles. The Balaban J connectivity index is 1.32. The number of aromatic nitrogens is 2. The normalized spacial score (nSPS) is 23.8. The molecule has 8 heteroatoms. The Hall–Kier alpha value is -2.29. The molecule has 1 amide bonds. The summed E-state index contributed by atoms with van der Waals surface area (Å²) in [6, 6.07) is 8.01. The summed E-state index contributed by atoms with van der Waals surface area (Å²) in [6.07, 6.45) is 0.303. The first kappa shape index (κ1) is 23.9. The van der Waals surface area contributed by atoms with Crippen LogP contribution in [0.5, 0.6) is 0 Å². The number of carbonyl (C=O) groups excluding carboxylic acids is 1. The SMILES string of the molecule is Cc1ccc(-c2noc(CN3CCN(C(=O)C(C(C)C)N4CC(C)OC(C)C4)CC3)n2)cc1. The number of piperazine rings is 1. The number of hydrogen-bond acceptors (Lipinski definition) is 7. The van der Waals surface area contributed by atoms with Crippen LogP contribution in [0.3, 0.4) is 0 Å². The van der Waals surface area contributed by atoms with Crippen LogP contribution in [-0.2, 0) is 16.1 Å². The minimum absolute atomic E-state index is 0.0987. The maximum absolute atomic E-state index is 13.5. The summed E-state index contributed by atoms with van der Waals surface area (Å²) in [5, 5.41) is 4.14. The summed E-state index contributed by atoms with van der Waals surface area (Å²) in [6.45, 7) is 15.8. The second-order valence-electron chi connectivity index (χ2n) is 9.88. The monoisotopic (exact) mass is 455 g/mol. The lowest BCUT2D eigenvalue weighted by atomic mass is 9.98. The van der Waals surface area contributed by atoms with Crippen molar-refractivity contribution in [2.45, 2.75) is 59.4 Å². The van der Waals surface area contributed by atoms with Gasteiger partial charge in [0.25, 0.3) is 0 Å². The number of morpholine rings is 1. The molecule has 1 aromatic carbocycles. The molecule has 2 saturated heterocycles. The average Bonchev–Trinajstić information content (AvgIpc) is 3.22. The molecule has 0 N–H and O–H groups in total. The zero-order valence-corrected chi connectivity index (χ0v) is 20.5. The van der Waals surface area contributed by atoms with Crippen LogP contribution in [0.25, 0.3) is 11.4 Å². The van der Waals surface area contributed by atoms with Gasteiger partial charge in [0.05, 0.1) is 24.8 Å². The number of hydrogen-bond donors (Lipinski definition) is 0. The number of ether oxygens (including phenoxy) is 1. The average molecular weight is 456 g/mol. The lowest BCUT2D eigenvalue weighted by Gasteiger charge is -2.44. The minimum atomic E-state index is -0.0987. The first-order valence-electron chi connectivity index (χ1n) is 12.1. The van der Waals surface area contributed by atoms with Crippen LogP contribution < -0.4 is 0 Å². The summed E-state index contributed by atoms with van der Waals surface area (Å²) in [7, 11) is 0. The predicted molar refractivity (Wildman–Crippen MR) is 127 cm³/mol. The van der Waals surface area contributed by atoms with Crippen LogP contribution in [0, 0.1) is 12.8 Å². The Morgan fingerprint density at radius 2 is 1.70 bits per heavy atom. The largest absolute Gasteiger partial charge is 0.373 e. The van der Waals surface area contributed by atoms with Crippen molar-refractivity contribution in [2.24, 2.45) is 5.92 Å². The van der Waals surface area contributed by atoms with Gasteiger partial charge in [-0.1, -0.05) is 48.8 Å². The molecule has 3 heterocycles. The van der Waals surface area contributed by atoms with E-state index in [0.29, 0.717) is 18.3 Å². The molecule has 2 aromatic rings. The Kier molecular flexibility index (Phi) is 7.46. The Morgan fingerprint density at radius 1 is 1.06 bits per heavy atom. The number of nitrogens with zero attached hydrogens (tertiary/aromatic N) is 5. The van der Waals surface area contributed by atoms with E-state index in [0.717, 1.165) is 44.8 Å². The number of amides is 1. The Bertz CT molecular complexity index is 910. The third kappa shape index (κ3) is 5.80. The van der Waals surface area contributed by atoms with Gasteiger partial charge in [-0.3, -0.25) is 14.6 Å². The molecule has 2 fully saturated rings. The van der Waals surface area contributed by atoms with Crippen molar-refractivity contribution in [1.82, 2.24) is 24.8 Å². The van der Waals surface area contributed by atoms with Crippen molar-refractivity contribution in [3.63, 3.8) is 0 Å². The van der Waals surface area contributed by atoms with E-state index in [1.807, 2.05) is 29.2 Å². The first-order valence-corrected chi connectivity index (χ1v) is 12.1. The molecule has 0 bridgehead atoms. The Morgan fingerprint density at radius 3 is 2.30 bits per heavy atom. The van der Waals surface area contributed by atoms with Crippen molar-refractivity contribution in [1.29, 1.82) is 0 Å². The van der Waals surface area contributed by atoms with E-state index >= 15 is 0 Å². The van der Waals surface area contributed by atoms with Gasteiger partial charge in [0, 0.05) is 44.8 Å². The van der Waals surface area contributed by atoms with Gasteiger partial charge in [0.15, 0.2) is 0 Å². The van der Waals surface area contributed by atoms with Gasteiger partial charge in [0.2, 0.25) is 17.6 Å². The molecule has 8 nitrogen and oxygen atoms in total. The van der Waals surface area contributed by atoms with Gasteiger partial charge in [0.1, 0.15) is 0 Å². The zero-order valence-electron chi connectivity index (χ0n) is 20.5. The van der Waals surface area contributed by atoms with Crippen LogP contribution in [0.1, 0.15) is 39.1 Å². The molecular formula is C25H37N5O3. The van der Waals surface area contributed by atoms with E-state index in [4.69, 9.17) is 9.26 Å². The van der Waals surface area contributed by atoms with Crippen LogP contribution in [-0.4, -0.2) is 88.3 Å². The molecule has 0 spiro atoms. The van der Waals surface area contributed by atoms with Crippen molar-refractivity contribution in [3.8, 4) is 11.4 Å². The summed E-state index contributed by atoms with van der Waals surface area (Å²) in [4.78, 5) is 24.7. The van der Waals surface area contributed by atoms with E-state index in [-0.39, 0.29) is 30.1 Å². The number of aryl methyl sites for hydroxylation is 1. The van der Waals surface area contributed by atoms with Crippen molar-refractivity contribution < 1.29 is 14.1 Å². The van der Waals surface area contributed by atoms with Gasteiger partial charge in [-0.25, -0.2) is 0 Å². The topological polar surface area (TPSA) is 74.9 Å². The molecular weight excluding hydrogens is 418 g/mol. The van der Waals surface area contributed by atoms with Crippen molar-refractivity contribution in [3.05, 3.63) is 35.7 Å². The third-order valence-corrected chi connectivity index (χ3v) is 6.55. The van der Waals surface area contributed by atoms with E-state index in [9.17, 15) is 4.79 Å². The van der Waals surface area contributed by atoms with E-state index in [1.54, 1.807) is 0 Å². The smallest absolute Gasteiger partial charge is 0.241 e. The molecule has 2 aliphatic heterocycles. The van der Waals surface area contributed by atoms with E-state index in [1.165, 1.54) is 5.56 Å². The fourth-order valence-corrected chi connectivity index (χ4v) is 4.95. The molecule has 1 aromatic heterocycles. The quantitative estimate of drug-likeness (QED) is 0.663. The van der Waals surface area contributed by atoms with Gasteiger partial charge in [-0.15, -0.1) is 0 Å². The maximum Gasteiger partial charge on any atom is 0.241 e. The van der Waals surface area contributed by atoms with Gasteiger partial charge in [-0.05, 0) is 26.7 Å². The fraction of sp³-hybridized carbons (Fsp3) is 0.640. The lowest BCUT2D eigenvalue weighted by Crippen LogP contribution is -2.60. The molecule has 33 heavy (non-hydrogen) atoms. The molecule has 0 radical (unpaired) electrons. The van der Waals surface area contributed by atoms with Crippen LogP contribution in [0.4, 0.5) is 0 Å². The highest BCUT2D eigenvalue weighted by molar-refractivity contribution is 5.82. The van der Waals surface area contributed by atoms with Crippen LogP contribution in [0.2, 0.25) is 0 Å². The van der Waals surface area contributed by atoms with Crippen LogP contribution >= 0.6 is 0 Å². The summed E-state index contributed by atoms with van der Waals surface area (Å²) in [5.74, 6) is 1.73. The number of carbonyl (C=O) groups is 1. The van der Waals surface area contributed by atoms with Crippen molar-refractivity contribution in [2.75, 3.05) is 39.3 Å². The summed E-state index contributed by atoms with van der Waals surface area (Å²) < 4.78 is 11.4. The van der Waals surface area contributed by atoms with E-state index < -0.39 is 0 Å². The Labute approximate surface area is 196 Å². The molecule has 4 rings (SSSR count). The summed E-state index contributed by atoms with van der Waals surface area (Å²) in [5.41, 5.74) is 2.16. The standard InChI is InChI=1S/C25H37N5O3/c1-17(2)23(30-14-19(4)32-20(5)15-30)25(31)29-12-10-28(11-13-29)16-22-26-24(27-33-22)21-8-6-18(3)7-9-21/h6-9,17,19-20,23H,10-16H2,1-5H3. The maximum atomic E-state index is 13.5. The highest BCUT2D eigenvalue weighted by Gasteiger charge is 2.37. The fourth-order valence-electron chi connectivity index (χ4n) is 4.95. The predicted octanol–water partition coefficient (Wildman–Crippen LogP) is 2.82. The molecule has 180 valence electrons. The second kappa shape index (κ2) is 10.3. The molecule has 3 unspecified atom stereocenters. The first-order chi connectivity index (χ1) is 15.8. The highest BCUT2D eigenvalue weighted by atomic mass is 16.5.